The minimum atomic E-state index is -0.127. The standard InChI is InChI=1S/C30H46O2S2/c1-27(2,3)19-15-21(29(7,8)9)25(31)23(17-19)33-13-14-34-24-18-20(28(4,5)6)16-22(26(24)32)30(10,11)12/h15-18,31-32H,13-14H2,1-12H3. The smallest absolute Gasteiger partial charge is 0.132 e. The van der Waals surface area contributed by atoms with Gasteiger partial charge < -0.3 is 10.2 Å². The van der Waals surface area contributed by atoms with Crippen molar-refractivity contribution in [1.29, 1.82) is 0 Å². The molecule has 0 spiro atoms. The Balaban J connectivity index is 2.29. The number of rotatable bonds is 5. The Labute approximate surface area is 217 Å². The molecule has 0 amide bonds. The van der Waals surface area contributed by atoms with Crippen LogP contribution in [0.2, 0.25) is 0 Å². The second-order valence-electron chi connectivity index (χ2n) is 13.4. The molecule has 0 saturated heterocycles. The maximum atomic E-state index is 11.1. The van der Waals surface area contributed by atoms with Gasteiger partial charge in [-0.15, -0.1) is 23.5 Å². The SMILES string of the molecule is CC(C)(C)c1cc(SCCSc2cc(C(C)(C)C)cc(C(C)(C)C)c2O)c(O)c(C(C)(C)C)c1. The molecule has 0 unspecified atom stereocenters. The number of hydrogen-bond donors (Lipinski definition) is 2. The van der Waals surface area contributed by atoms with Crippen molar-refractivity contribution in [3.8, 4) is 11.5 Å². The van der Waals surface area contributed by atoms with Crippen molar-refractivity contribution in [1.82, 2.24) is 0 Å². The Kier molecular flexibility index (Phi) is 8.53. The van der Waals surface area contributed by atoms with E-state index in [0.717, 1.165) is 32.4 Å². The van der Waals surface area contributed by atoms with E-state index in [1.54, 1.807) is 23.5 Å². The van der Waals surface area contributed by atoms with E-state index in [4.69, 9.17) is 0 Å². The van der Waals surface area contributed by atoms with Crippen LogP contribution in [0.15, 0.2) is 34.1 Å². The number of hydrogen-bond acceptors (Lipinski definition) is 4. The highest BCUT2D eigenvalue weighted by molar-refractivity contribution is 8.03. The van der Waals surface area contributed by atoms with Crippen LogP contribution in [-0.2, 0) is 21.7 Å². The van der Waals surface area contributed by atoms with Crippen LogP contribution in [0.4, 0.5) is 0 Å². The van der Waals surface area contributed by atoms with Crippen molar-refractivity contribution in [3.63, 3.8) is 0 Å². The van der Waals surface area contributed by atoms with Crippen LogP contribution in [0.5, 0.6) is 11.5 Å². The molecule has 4 heteroatoms. The maximum Gasteiger partial charge on any atom is 0.132 e. The molecule has 0 atom stereocenters. The average Bonchev–Trinajstić information content (AvgIpc) is 2.63. The molecule has 0 radical (unpaired) electrons. The minimum Gasteiger partial charge on any atom is -0.506 e. The molecule has 0 bridgehead atoms. The van der Waals surface area contributed by atoms with Crippen LogP contribution in [-0.4, -0.2) is 21.7 Å². The van der Waals surface area contributed by atoms with Crippen LogP contribution < -0.4 is 0 Å². The summed E-state index contributed by atoms with van der Waals surface area (Å²) in [5.74, 6) is 2.50. The Morgan fingerprint density at radius 1 is 0.500 bits per heavy atom. The molecule has 0 aliphatic carbocycles. The predicted molar refractivity (Wildman–Crippen MR) is 152 cm³/mol. The predicted octanol–water partition coefficient (Wildman–Crippen LogP) is 9.17. The molecule has 0 aliphatic rings. The molecule has 2 aromatic carbocycles. The van der Waals surface area contributed by atoms with Gasteiger partial charge in [0.05, 0.1) is 0 Å². The first kappa shape index (κ1) is 29.0. The van der Waals surface area contributed by atoms with Gasteiger partial charge in [-0.3, -0.25) is 0 Å². The summed E-state index contributed by atoms with van der Waals surface area (Å²) in [6.45, 7) is 26.2. The highest BCUT2D eigenvalue weighted by atomic mass is 32.2. The molecule has 0 saturated carbocycles. The fourth-order valence-corrected chi connectivity index (χ4v) is 5.77. The molecule has 0 fully saturated rings. The quantitative estimate of drug-likeness (QED) is 0.316. The highest BCUT2D eigenvalue weighted by Crippen LogP contribution is 2.44. The van der Waals surface area contributed by atoms with Gasteiger partial charge in [0.1, 0.15) is 11.5 Å². The van der Waals surface area contributed by atoms with Crippen LogP contribution in [0.1, 0.15) is 105 Å². The fourth-order valence-electron chi connectivity index (χ4n) is 3.75. The van der Waals surface area contributed by atoms with E-state index in [0.29, 0.717) is 11.5 Å². The highest BCUT2D eigenvalue weighted by Gasteiger charge is 2.26. The normalized spacial score (nSPS) is 13.4. The summed E-state index contributed by atoms with van der Waals surface area (Å²) in [4.78, 5) is 1.89. The molecular formula is C30H46O2S2. The number of benzene rings is 2. The molecule has 2 nitrogen and oxygen atoms in total. The zero-order valence-electron chi connectivity index (χ0n) is 23.4. The minimum absolute atomic E-state index is 0.0142. The van der Waals surface area contributed by atoms with Gasteiger partial charge in [-0.1, -0.05) is 95.2 Å². The van der Waals surface area contributed by atoms with E-state index in [1.165, 1.54) is 11.1 Å². The van der Waals surface area contributed by atoms with Crippen molar-refractivity contribution < 1.29 is 10.2 Å². The Hall–Kier alpha value is -1.26. The van der Waals surface area contributed by atoms with Gasteiger partial charge in [0.15, 0.2) is 0 Å². The summed E-state index contributed by atoms with van der Waals surface area (Å²) in [5.41, 5.74) is 4.27. The van der Waals surface area contributed by atoms with Crippen molar-refractivity contribution >= 4 is 23.5 Å². The summed E-state index contributed by atoms with van der Waals surface area (Å²) >= 11 is 3.40. The summed E-state index contributed by atoms with van der Waals surface area (Å²) in [6, 6.07) is 8.63. The average molecular weight is 503 g/mol. The van der Waals surface area contributed by atoms with Crippen LogP contribution in [0.3, 0.4) is 0 Å². The second-order valence-corrected chi connectivity index (χ2v) is 15.7. The van der Waals surface area contributed by atoms with Crippen molar-refractivity contribution in [2.45, 2.75) is 115 Å². The summed E-state index contributed by atoms with van der Waals surface area (Å²) < 4.78 is 0. The van der Waals surface area contributed by atoms with Gasteiger partial charge in [0.2, 0.25) is 0 Å². The third-order valence-corrected chi connectivity index (χ3v) is 8.42. The number of phenols is 2. The lowest BCUT2D eigenvalue weighted by Gasteiger charge is -2.27. The number of aromatic hydroxyl groups is 2. The largest absolute Gasteiger partial charge is 0.506 e. The summed E-state index contributed by atoms with van der Waals surface area (Å²) in [5, 5.41) is 22.1. The number of thioether (sulfide) groups is 2. The molecule has 2 aromatic rings. The van der Waals surface area contributed by atoms with E-state index < -0.39 is 0 Å². The molecule has 0 aliphatic heterocycles. The van der Waals surface area contributed by atoms with Gasteiger partial charge in [-0.25, -0.2) is 0 Å². The van der Waals surface area contributed by atoms with E-state index in [-0.39, 0.29) is 21.7 Å². The van der Waals surface area contributed by atoms with Crippen molar-refractivity contribution in [3.05, 3.63) is 46.5 Å². The first-order chi connectivity index (χ1) is 15.2. The third-order valence-electron chi connectivity index (χ3n) is 6.10. The lowest BCUT2D eigenvalue weighted by atomic mass is 9.80. The van der Waals surface area contributed by atoms with Crippen molar-refractivity contribution in [2.75, 3.05) is 11.5 Å². The molecule has 2 rings (SSSR count). The van der Waals surface area contributed by atoms with Gasteiger partial charge in [-0.05, 0) is 44.9 Å². The molecule has 2 N–H and O–H groups in total. The molecule has 0 aromatic heterocycles. The Bertz CT molecular complexity index is 927. The monoisotopic (exact) mass is 502 g/mol. The van der Waals surface area contributed by atoms with Crippen LogP contribution in [0, 0.1) is 0 Å². The summed E-state index contributed by atoms with van der Waals surface area (Å²) in [7, 11) is 0. The molecule has 190 valence electrons. The zero-order chi connectivity index (χ0) is 26.3. The van der Waals surface area contributed by atoms with E-state index in [2.05, 4.69) is 107 Å². The van der Waals surface area contributed by atoms with E-state index >= 15 is 0 Å². The van der Waals surface area contributed by atoms with Gasteiger partial charge in [0.25, 0.3) is 0 Å². The Morgan fingerprint density at radius 3 is 1.03 bits per heavy atom. The molecule has 34 heavy (non-hydrogen) atoms. The zero-order valence-corrected chi connectivity index (χ0v) is 25.1. The first-order valence-corrected chi connectivity index (χ1v) is 14.2. The van der Waals surface area contributed by atoms with Gasteiger partial charge in [0, 0.05) is 32.4 Å². The third kappa shape index (κ3) is 7.13. The van der Waals surface area contributed by atoms with Crippen molar-refractivity contribution in [2.24, 2.45) is 0 Å². The van der Waals surface area contributed by atoms with E-state index in [1.807, 2.05) is 0 Å². The van der Waals surface area contributed by atoms with Gasteiger partial charge >= 0.3 is 0 Å². The first-order valence-electron chi connectivity index (χ1n) is 12.2. The van der Waals surface area contributed by atoms with Gasteiger partial charge in [-0.2, -0.15) is 0 Å². The maximum absolute atomic E-state index is 11.1. The lowest BCUT2D eigenvalue weighted by molar-refractivity contribution is 0.431. The molecule has 0 heterocycles. The lowest BCUT2D eigenvalue weighted by Crippen LogP contribution is -2.17. The fraction of sp³-hybridized carbons (Fsp3) is 0.600. The number of phenolic OH excluding ortho intramolecular Hbond substituents is 2. The van der Waals surface area contributed by atoms with Crippen LogP contribution in [0.25, 0.3) is 0 Å². The molecular weight excluding hydrogens is 456 g/mol. The van der Waals surface area contributed by atoms with E-state index in [9.17, 15) is 10.2 Å². The topological polar surface area (TPSA) is 40.5 Å². The second kappa shape index (κ2) is 10.0. The Morgan fingerprint density at radius 2 is 0.794 bits per heavy atom. The van der Waals surface area contributed by atoms with Crippen LogP contribution >= 0.6 is 23.5 Å². The summed E-state index contributed by atoms with van der Waals surface area (Å²) in [6.07, 6.45) is 0.